The first-order valence-corrected chi connectivity index (χ1v) is 9.17. The smallest absolute Gasteiger partial charge is 0.229 e. The Labute approximate surface area is 165 Å². The Balaban J connectivity index is 1.60. The average molecular weight is 376 g/mol. The molecule has 6 nitrogen and oxygen atoms in total. The molecule has 6 heteroatoms. The summed E-state index contributed by atoms with van der Waals surface area (Å²) in [5.41, 5.74) is 3.11. The quantitative estimate of drug-likeness (QED) is 0.633. The minimum Gasteiger partial charge on any atom is -0.497 e. The molecule has 2 aromatic carbocycles. The number of benzene rings is 2. The van der Waals surface area contributed by atoms with Crippen LogP contribution in [0.25, 0.3) is 0 Å². The van der Waals surface area contributed by atoms with Gasteiger partial charge in [-0.3, -0.25) is 4.79 Å². The largest absolute Gasteiger partial charge is 0.497 e. The maximum Gasteiger partial charge on any atom is 0.229 e. The summed E-state index contributed by atoms with van der Waals surface area (Å²) in [5.74, 6) is 2.05. The third kappa shape index (κ3) is 5.07. The van der Waals surface area contributed by atoms with Crippen LogP contribution in [0.4, 0.5) is 17.3 Å². The van der Waals surface area contributed by atoms with E-state index in [-0.39, 0.29) is 12.3 Å². The molecule has 0 atom stereocenters. The zero-order valence-electron chi connectivity index (χ0n) is 16.3. The zero-order valence-corrected chi connectivity index (χ0v) is 16.3. The van der Waals surface area contributed by atoms with Crippen molar-refractivity contribution in [1.29, 1.82) is 0 Å². The highest BCUT2D eigenvalue weighted by molar-refractivity contribution is 5.91. The van der Waals surface area contributed by atoms with Crippen LogP contribution < -0.4 is 15.4 Å². The van der Waals surface area contributed by atoms with Crippen LogP contribution in [0, 0.1) is 0 Å². The lowest BCUT2D eigenvalue weighted by molar-refractivity contribution is -0.115. The molecule has 0 bridgehead atoms. The van der Waals surface area contributed by atoms with E-state index in [1.54, 1.807) is 19.2 Å². The Bertz CT molecular complexity index is 922. The lowest BCUT2D eigenvalue weighted by atomic mass is 10.0. The van der Waals surface area contributed by atoms with Gasteiger partial charge in [-0.1, -0.05) is 44.2 Å². The van der Waals surface area contributed by atoms with Gasteiger partial charge in [0.1, 0.15) is 5.75 Å². The monoisotopic (exact) mass is 376 g/mol. The molecule has 0 radical (unpaired) electrons. The summed E-state index contributed by atoms with van der Waals surface area (Å²) in [5, 5.41) is 14.3. The number of anilines is 3. The number of para-hydroxylation sites is 1. The number of carbonyl (C=O) groups excluding carboxylic acids is 1. The predicted octanol–water partition coefficient (Wildman–Crippen LogP) is 4.53. The van der Waals surface area contributed by atoms with Gasteiger partial charge in [-0.25, -0.2) is 0 Å². The van der Waals surface area contributed by atoms with Gasteiger partial charge < -0.3 is 15.4 Å². The van der Waals surface area contributed by atoms with Crippen molar-refractivity contribution in [1.82, 2.24) is 10.2 Å². The number of methoxy groups -OCH3 is 1. The summed E-state index contributed by atoms with van der Waals surface area (Å²) in [7, 11) is 1.61. The lowest BCUT2D eigenvalue weighted by Crippen LogP contribution is -2.15. The molecule has 3 rings (SSSR count). The Kier molecular flexibility index (Phi) is 6.22. The van der Waals surface area contributed by atoms with Crippen LogP contribution in [0.3, 0.4) is 0 Å². The summed E-state index contributed by atoms with van der Waals surface area (Å²) in [6.07, 6.45) is 0.257. The highest BCUT2D eigenvalue weighted by Crippen LogP contribution is 2.26. The SMILES string of the molecule is COc1ccc(CC(=O)Nc2ccc(Nc3ccccc3C(C)C)nn2)cc1. The molecular formula is C22H24N4O2. The van der Waals surface area contributed by atoms with E-state index in [9.17, 15) is 4.79 Å². The molecule has 1 aromatic heterocycles. The fourth-order valence-corrected chi connectivity index (χ4v) is 2.83. The van der Waals surface area contributed by atoms with Crippen molar-refractivity contribution >= 4 is 23.2 Å². The zero-order chi connectivity index (χ0) is 19.9. The van der Waals surface area contributed by atoms with Crippen LogP contribution in [-0.2, 0) is 11.2 Å². The fraction of sp³-hybridized carbons (Fsp3) is 0.227. The van der Waals surface area contributed by atoms with E-state index in [2.05, 4.69) is 40.7 Å². The van der Waals surface area contributed by atoms with Gasteiger partial charge in [0.25, 0.3) is 0 Å². The van der Waals surface area contributed by atoms with Gasteiger partial charge >= 0.3 is 0 Å². The van der Waals surface area contributed by atoms with E-state index in [1.807, 2.05) is 42.5 Å². The number of aromatic nitrogens is 2. The van der Waals surface area contributed by atoms with Crippen molar-refractivity contribution in [3.63, 3.8) is 0 Å². The maximum absolute atomic E-state index is 12.2. The highest BCUT2D eigenvalue weighted by atomic mass is 16.5. The van der Waals surface area contributed by atoms with Crippen LogP contribution in [0.2, 0.25) is 0 Å². The van der Waals surface area contributed by atoms with Crippen molar-refractivity contribution in [3.8, 4) is 5.75 Å². The number of amides is 1. The standard InChI is InChI=1S/C22H24N4O2/c1-15(2)18-6-4-5-7-19(18)23-20-12-13-21(26-25-20)24-22(27)14-16-8-10-17(28-3)11-9-16/h4-13,15H,14H2,1-3H3,(H,23,25)(H,24,26,27). The Morgan fingerprint density at radius 1 is 0.964 bits per heavy atom. The molecule has 0 spiro atoms. The molecule has 0 saturated carbocycles. The van der Waals surface area contributed by atoms with Gasteiger partial charge in [0.05, 0.1) is 13.5 Å². The Morgan fingerprint density at radius 2 is 1.64 bits per heavy atom. The first-order chi connectivity index (χ1) is 13.5. The summed E-state index contributed by atoms with van der Waals surface area (Å²) >= 11 is 0. The molecule has 144 valence electrons. The van der Waals surface area contributed by atoms with Crippen molar-refractivity contribution in [2.75, 3.05) is 17.7 Å². The number of hydrogen-bond acceptors (Lipinski definition) is 5. The van der Waals surface area contributed by atoms with Gasteiger partial charge in [0.2, 0.25) is 5.91 Å². The Hall–Kier alpha value is -3.41. The van der Waals surface area contributed by atoms with Crippen molar-refractivity contribution in [3.05, 3.63) is 71.8 Å². The normalized spacial score (nSPS) is 10.6. The molecule has 0 aliphatic rings. The molecule has 0 aliphatic heterocycles. The maximum atomic E-state index is 12.2. The van der Waals surface area contributed by atoms with E-state index in [0.29, 0.717) is 17.6 Å². The van der Waals surface area contributed by atoms with E-state index < -0.39 is 0 Å². The second-order valence-electron chi connectivity index (χ2n) is 6.74. The Morgan fingerprint density at radius 3 is 2.29 bits per heavy atom. The van der Waals surface area contributed by atoms with E-state index >= 15 is 0 Å². The number of nitrogens with zero attached hydrogens (tertiary/aromatic N) is 2. The molecule has 1 heterocycles. The van der Waals surface area contributed by atoms with Crippen LogP contribution in [0.5, 0.6) is 5.75 Å². The minimum atomic E-state index is -0.148. The minimum absolute atomic E-state index is 0.148. The molecule has 0 unspecified atom stereocenters. The van der Waals surface area contributed by atoms with Crippen molar-refractivity contribution < 1.29 is 9.53 Å². The molecule has 28 heavy (non-hydrogen) atoms. The van der Waals surface area contributed by atoms with E-state index in [0.717, 1.165) is 17.0 Å². The summed E-state index contributed by atoms with van der Waals surface area (Å²) in [6, 6.07) is 19.0. The number of hydrogen-bond donors (Lipinski definition) is 2. The van der Waals surface area contributed by atoms with Crippen LogP contribution in [0.15, 0.2) is 60.7 Å². The van der Waals surface area contributed by atoms with Crippen LogP contribution in [-0.4, -0.2) is 23.2 Å². The van der Waals surface area contributed by atoms with Crippen molar-refractivity contribution in [2.45, 2.75) is 26.2 Å². The van der Waals surface area contributed by atoms with Gasteiger partial charge in [-0.05, 0) is 47.4 Å². The number of carbonyl (C=O) groups is 1. The second kappa shape index (κ2) is 8.99. The van der Waals surface area contributed by atoms with E-state index in [4.69, 9.17) is 4.74 Å². The number of rotatable bonds is 7. The van der Waals surface area contributed by atoms with Gasteiger partial charge in [0.15, 0.2) is 11.6 Å². The van der Waals surface area contributed by atoms with Crippen molar-refractivity contribution in [2.24, 2.45) is 0 Å². The second-order valence-corrected chi connectivity index (χ2v) is 6.74. The molecule has 2 N–H and O–H groups in total. The molecule has 0 saturated heterocycles. The van der Waals surface area contributed by atoms with Gasteiger partial charge in [0, 0.05) is 5.69 Å². The van der Waals surface area contributed by atoms with Gasteiger partial charge in [-0.15, -0.1) is 10.2 Å². The summed E-state index contributed by atoms with van der Waals surface area (Å²) in [4.78, 5) is 12.2. The third-order valence-electron chi connectivity index (χ3n) is 4.30. The third-order valence-corrected chi connectivity index (χ3v) is 4.30. The first-order valence-electron chi connectivity index (χ1n) is 9.17. The molecule has 3 aromatic rings. The summed E-state index contributed by atoms with van der Waals surface area (Å²) < 4.78 is 5.12. The number of ether oxygens (including phenoxy) is 1. The topological polar surface area (TPSA) is 76.1 Å². The number of nitrogens with one attached hydrogen (secondary N) is 2. The van der Waals surface area contributed by atoms with E-state index in [1.165, 1.54) is 5.56 Å². The molecule has 0 aliphatic carbocycles. The lowest BCUT2D eigenvalue weighted by Gasteiger charge is -2.13. The van der Waals surface area contributed by atoms with Crippen LogP contribution in [0.1, 0.15) is 30.9 Å². The molecule has 0 fully saturated rings. The molecule has 1 amide bonds. The summed E-state index contributed by atoms with van der Waals surface area (Å²) in [6.45, 7) is 4.29. The fourth-order valence-electron chi connectivity index (χ4n) is 2.83. The first kappa shape index (κ1) is 19.4. The average Bonchev–Trinajstić information content (AvgIpc) is 2.70. The highest BCUT2D eigenvalue weighted by Gasteiger charge is 2.08. The molecular weight excluding hydrogens is 352 g/mol. The van der Waals surface area contributed by atoms with Crippen LogP contribution >= 0.6 is 0 Å². The predicted molar refractivity (Wildman–Crippen MR) is 111 cm³/mol. The van der Waals surface area contributed by atoms with Gasteiger partial charge in [-0.2, -0.15) is 0 Å².